The van der Waals surface area contributed by atoms with Crippen molar-refractivity contribution in [3.8, 4) is 11.5 Å². The van der Waals surface area contributed by atoms with Crippen LogP contribution in [0.15, 0.2) is 18.2 Å². The third kappa shape index (κ3) is 4.18. The number of amides is 1. The fourth-order valence-corrected chi connectivity index (χ4v) is 4.42. The van der Waals surface area contributed by atoms with Gasteiger partial charge in [-0.15, -0.1) is 0 Å². The molecule has 1 saturated heterocycles. The quantitative estimate of drug-likeness (QED) is 0.769. The van der Waals surface area contributed by atoms with E-state index in [0.717, 1.165) is 25.7 Å². The van der Waals surface area contributed by atoms with E-state index >= 15 is 0 Å². The molecule has 148 valence electrons. The zero-order valence-corrected chi connectivity index (χ0v) is 16.2. The van der Waals surface area contributed by atoms with Crippen molar-refractivity contribution >= 4 is 17.6 Å². The van der Waals surface area contributed by atoms with Crippen LogP contribution in [0.2, 0.25) is 0 Å². The minimum absolute atomic E-state index is 0.154. The Labute approximate surface area is 160 Å². The van der Waals surface area contributed by atoms with Gasteiger partial charge in [0.2, 0.25) is 5.91 Å². The summed E-state index contributed by atoms with van der Waals surface area (Å²) >= 11 is 0. The van der Waals surface area contributed by atoms with E-state index in [1.807, 2.05) is 4.90 Å². The first-order chi connectivity index (χ1) is 13.1. The van der Waals surface area contributed by atoms with Gasteiger partial charge in [-0.25, -0.2) is 0 Å². The molecule has 27 heavy (non-hydrogen) atoms. The van der Waals surface area contributed by atoms with E-state index in [4.69, 9.17) is 14.2 Å². The van der Waals surface area contributed by atoms with Crippen LogP contribution in [0.5, 0.6) is 11.5 Å². The molecule has 1 aliphatic carbocycles. The van der Waals surface area contributed by atoms with Crippen LogP contribution in [0.3, 0.4) is 0 Å². The number of methoxy groups -OCH3 is 3. The minimum Gasteiger partial charge on any atom is -0.497 e. The Hall–Kier alpha value is -2.28. The molecule has 3 rings (SSSR count). The molecule has 0 bridgehead atoms. The smallest absolute Gasteiger partial charge is 0.323 e. The molecule has 3 atom stereocenters. The molecule has 1 aromatic carbocycles. The Bertz CT molecular complexity index is 693. The number of ether oxygens (including phenoxy) is 3. The van der Waals surface area contributed by atoms with E-state index in [1.165, 1.54) is 13.5 Å². The largest absolute Gasteiger partial charge is 0.497 e. The first-order valence-electron chi connectivity index (χ1n) is 9.42. The van der Waals surface area contributed by atoms with E-state index in [9.17, 15) is 9.59 Å². The summed E-state index contributed by atoms with van der Waals surface area (Å²) in [5, 5.41) is 2.90. The molecule has 1 amide bonds. The van der Waals surface area contributed by atoms with Gasteiger partial charge in [0.1, 0.15) is 17.5 Å². The average Bonchev–Trinajstić information content (AvgIpc) is 3.05. The molecule has 1 aromatic rings. The lowest BCUT2D eigenvalue weighted by Crippen LogP contribution is -2.46. The summed E-state index contributed by atoms with van der Waals surface area (Å²) in [6.07, 6.45) is 5.23. The van der Waals surface area contributed by atoms with Crippen molar-refractivity contribution < 1.29 is 23.8 Å². The number of nitrogens with zero attached hydrogens (tertiary/aromatic N) is 1. The normalized spacial score (nSPS) is 24.8. The lowest BCUT2D eigenvalue weighted by Gasteiger charge is -2.32. The van der Waals surface area contributed by atoms with Gasteiger partial charge in [-0.2, -0.15) is 0 Å². The van der Waals surface area contributed by atoms with Gasteiger partial charge in [0, 0.05) is 12.1 Å². The molecular formula is C20H28N2O5. The standard InChI is InChI=1S/C20H28N2O5/c1-25-14-8-9-18(26-2)15(11-14)21-19(23)12-22-16-7-5-4-6-13(16)10-17(22)20(24)27-3/h8-9,11,13,16-17H,4-7,10,12H2,1-3H3,(H,21,23)/t13-,16-,17+/m1/s1. The summed E-state index contributed by atoms with van der Waals surface area (Å²) in [7, 11) is 4.53. The van der Waals surface area contributed by atoms with Crippen molar-refractivity contribution in [1.29, 1.82) is 0 Å². The third-order valence-electron chi connectivity index (χ3n) is 5.70. The van der Waals surface area contributed by atoms with E-state index in [0.29, 0.717) is 23.1 Å². The highest BCUT2D eigenvalue weighted by atomic mass is 16.5. The highest BCUT2D eigenvalue weighted by Crippen LogP contribution is 2.40. The monoisotopic (exact) mass is 376 g/mol. The molecule has 7 nitrogen and oxygen atoms in total. The second kappa shape index (κ2) is 8.61. The van der Waals surface area contributed by atoms with Crippen molar-refractivity contribution in [2.45, 2.75) is 44.2 Å². The number of nitrogens with one attached hydrogen (secondary N) is 1. The Kier molecular flexibility index (Phi) is 6.21. The van der Waals surface area contributed by atoms with Crippen LogP contribution in [0.4, 0.5) is 5.69 Å². The Morgan fingerprint density at radius 3 is 2.63 bits per heavy atom. The lowest BCUT2D eigenvalue weighted by atomic mass is 9.85. The van der Waals surface area contributed by atoms with Crippen molar-refractivity contribution in [2.75, 3.05) is 33.2 Å². The number of fused-ring (bicyclic) bond motifs is 1. The number of benzene rings is 1. The second-order valence-electron chi connectivity index (χ2n) is 7.17. The van der Waals surface area contributed by atoms with Crippen LogP contribution >= 0.6 is 0 Å². The molecule has 2 aliphatic rings. The summed E-state index contributed by atoms with van der Waals surface area (Å²) in [5.74, 6) is 1.22. The third-order valence-corrected chi connectivity index (χ3v) is 5.70. The average molecular weight is 376 g/mol. The minimum atomic E-state index is -0.346. The summed E-state index contributed by atoms with van der Waals surface area (Å²) in [6.45, 7) is 0.154. The molecule has 0 unspecified atom stereocenters. The zero-order chi connectivity index (χ0) is 19.4. The second-order valence-corrected chi connectivity index (χ2v) is 7.17. The number of rotatable bonds is 6. The van der Waals surface area contributed by atoms with Crippen LogP contribution in [0.25, 0.3) is 0 Å². The molecule has 0 spiro atoms. The topological polar surface area (TPSA) is 77.1 Å². The Balaban J connectivity index is 1.74. The molecule has 2 fully saturated rings. The number of carbonyl (C=O) groups is 2. The van der Waals surface area contributed by atoms with Gasteiger partial charge in [-0.3, -0.25) is 14.5 Å². The van der Waals surface area contributed by atoms with Crippen LogP contribution < -0.4 is 14.8 Å². The predicted octanol–water partition coefficient (Wildman–Crippen LogP) is 2.45. The maximum atomic E-state index is 12.8. The number of esters is 1. The number of likely N-dealkylation sites (tertiary alicyclic amines) is 1. The summed E-state index contributed by atoms with van der Waals surface area (Å²) in [4.78, 5) is 27.1. The van der Waals surface area contributed by atoms with Crippen LogP contribution in [-0.4, -0.2) is 56.7 Å². The van der Waals surface area contributed by atoms with Crippen molar-refractivity contribution in [2.24, 2.45) is 5.92 Å². The molecule has 1 heterocycles. The fourth-order valence-electron chi connectivity index (χ4n) is 4.42. The maximum Gasteiger partial charge on any atom is 0.323 e. The molecule has 1 N–H and O–H groups in total. The summed E-state index contributed by atoms with van der Waals surface area (Å²) in [5.41, 5.74) is 0.552. The summed E-state index contributed by atoms with van der Waals surface area (Å²) < 4.78 is 15.5. The molecule has 0 radical (unpaired) electrons. The predicted molar refractivity (Wildman–Crippen MR) is 101 cm³/mol. The van der Waals surface area contributed by atoms with Gasteiger partial charge in [0.25, 0.3) is 0 Å². The van der Waals surface area contributed by atoms with E-state index in [2.05, 4.69) is 5.32 Å². The van der Waals surface area contributed by atoms with Gasteiger partial charge in [0.15, 0.2) is 0 Å². The van der Waals surface area contributed by atoms with Gasteiger partial charge >= 0.3 is 5.97 Å². The molecule has 1 saturated carbocycles. The number of carbonyl (C=O) groups excluding carboxylic acids is 2. The number of hydrogen-bond acceptors (Lipinski definition) is 6. The van der Waals surface area contributed by atoms with Crippen LogP contribution in [-0.2, 0) is 14.3 Å². The SMILES string of the molecule is COC(=O)[C@@H]1C[C@H]2CCCC[C@H]2N1CC(=O)Nc1cc(OC)ccc1OC. The van der Waals surface area contributed by atoms with Crippen molar-refractivity contribution in [3.63, 3.8) is 0 Å². The van der Waals surface area contributed by atoms with Crippen molar-refractivity contribution in [3.05, 3.63) is 18.2 Å². The number of anilines is 1. The molecule has 1 aliphatic heterocycles. The first-order valence-corrected chi connectivity index (χ1v) is 9.42. The highest BCUT2D eigenvalue weighted by molar-refractivity contribution is 5.94. The van der Waals surface area contributed by atoms with E-state index < -0.39 is 0 Å². The van der Waals surface area contributed by atoms with E-state index in [-0.39, 0.29) is 30.5 Å². The van der Waals surface area contributed by atoms with Gasteiger partial charge in [-0.05, 0) is 37.3 Å². The highest BCUT2D eigenvalue weighted by Gasteiger charge is 2.46. The van der Waals surface area contributed by atoms with Crippen molar-refractivity contribution in [1.82, 2.24) is 4.90 Å². The van der Waals surface area contributed by atoms with Gasteiger partial charge in [0.05, 0.1) is 33.6 Å². The van der Waals surface area contributed by atoms with E-state index in [1.54, 1.807) is 32.4 Å². The Morgan fingerprint density at radius 1 is 1.15 bits per heavy atom. The maximum absolute atomic E-state index is 12.8. The molecular weight excluding hydrogens is 348 g/mol. The first kappa shape index (κ1) is 19.5. The van der Waals surface area contributed by atoms with Crippen LogP contribution in [0.1, 0.15) is 32.1 Å². The zero-order valence-electron chi connectivity index (χ0n) is 16.2. The Morgan fingerprint density at radius 2 is 1.93 bits per heavy atom. The van der Waals surface area contributed by atoms with Crippen LogP contribution in [0, 0.1) is 5.92 Å². The van der Waals surface area contributed by atoms with Gasteiger partial charge < -0.3 is 19.5 Å². The fraction of sp³-hybridized carbons (Fsp3) is 0.600. The molecule has 7 heteroatoms. The van der Waals surface area contributed by atoms with Gasteiger partial charge in [-0.1, -0.05) is 12.8 Å². The summed E-state index contributed by atoms with van der Waals surface area (Å²) in [6, 6.07) is 5.16. The lowest BCUT2D eigenvalue weighted by molar-refractivity contribution is -0.146. The molecule has 0 aromatic heterocycles. The number of hydrogen-bond donors (Lipinski definition) is 1.